The van der Waals surface area contributed by atoms with Crippen molar-refractivity contribution in [1.29, 1.82) is 0 Å². The van der Waals surface area contributed by atoms with Crippen molar-refractivity contribution >= 4 is 23.2 Å². The van der Waals surface area contributed by atoms with Crippen molar-refractivity contribution in [3.63, 3.8) is 0 Å². The van der Waals surface area contributed by atoms with Gasteiger partial charge in [0.25, 0.3) is 0 Å². The van der Waals surface area contributed by atoms with Crippen molar-refractivity contribution in [1.82, 2.24) is 0 Å². The van der Waals surface area contributed by atoms with E-state index in [1.54, 1.807) is 0 Å². The Kier molecular flexibility index (Phi) is 4.53. The predicted octanol–water partition coefficient (Wildman–Crippen LogP) is 3.84. The zero-order valence-corrected chi connectivity index (χ0v) is 9.91. The maximum absolute atomic E-state index is 6.03. The molecular formula is C14H16ClN. The molecule has 0 fully saturated rings. The number of nitrogens with two attached hydrogens (primary N) is 1. The van der Waals surface area contributed by atoms with Crippen LogP contribution in [0, 0.1) is 0 Å². The van der Waals surface area contributed by atoms with Gasteiger partial charge in [-0.15, -0.1) is 19.0 Å². The fourth-order valence-electron chi connectivity index (χ4n) is 1.75. The summed E-state index contributed by atoms with van der Waals surface area (Å²) in [5.74, 6) is 0. The summed E-state index contributed by atoms with van der Waals surface area (Å²) in [4.78, 5) is 0. The predicted molar refractivity (Wildman–Crippen MR) is 72.9 cm³/mol. The molecule has 0 saturated carbocycles. The van der Waals surface area contributed by atoms with Crippen LogP contribution in [-0.2, 0) is 0 Å². The van der Waals surface area contributed by atoms with Crippen LogP contribution in [0.1, 0.15) is 18.0 Å². The summed E-state index contributed by atoms with van der Waals surface area (Å²) in [7, 11) is 0. The molecule has 16 heavy (non-hydrogen) atoms. The van der Waals surface area contributed by atoms with Crippen molar-refractivity contribution in [3.05, 3.63) is 60.7 Å². The van der Waals surface area contributed by atoms with Gasteiger partial charge >= 0.3 is 0 Å². The van der Waals surface area contributed by atoms with E-state index in [0.29, 0.717) is 0 Å². The second kappa shape index (κ2) is 5.69. The molecule has 0 heterocycles. The van der Waals surface area contributed by atoms with Crippen LogP contribution in [-0.4, -0.2) is 0 Å². The SMILES string of the molecule is C=CCC(N)c1ccc2ccccc2c1.Cl. The molecular weight excluding hydrogens is 218 g/mol. The first-order valence-electron chi connectivity index (χ1n) is 5.16. The van der Waals surface area contributed by atoms with Crippen LogP contribution in [0.2, 0.25) is 0 Å². The summed E-state index contributed by atoms with van der Waals surface area (Å²) >= 11 is 0. The lowest BCUT2D eigenvalue weighted by Crippen LogP contribution is -2.08. The zero-order chi connectivity index (χ0) is 10.7. The summed E-state index contributed by atoms with van der Waals surface area (Å²) in [6.45, 7) is 3.71. The van der Waals surface area contributed by atoms with Crippen molar-refractivity contribution in [2.24, 2.45) is 5.73 Å². The zero-order valence-electron chi connectivity index (χ0n) is 9.10. The molecule has 2 rings (SSSR count). The summed E-state index contributed by atoms with van der Waals surface area (Å²) in [6, 6.07) is 14.7. The monoisotopic (exact) mass is 233 g/mol. The first-order valence-corrected chi connectivity index (χ1v) is 5.16. The molecule has 0 radical (unpaired) electrons. The minimum absolute atomic E-state index is 0. The Morgan fingerprint density at radius 2 is 1.81 bits per heavy atom. The van der Waals surface area contributed by atoms with Gasteiger partial charge in [-0.2, -0.15) is 0 Å². The molecule has 0 spiro atoms. The highest BCUT2D eigenvalue weighted by Gasteiger charge is 2.03. The molecule has 1 nitrogen and oxygen atoms in total. The number of hydrogen-bond acceptors (Lipinski definition) is 1. The number of halogens is 1. The Balaban J connectivity index is 0.00000128. The summed E-state index contributed by atoms with van der Waals surface area (Å²) < 4.78 is 0. The van der Waals surface area contributed by atoms with E-state index in [-0.39, 0.29) is 18.4 Å². The second-order valence-corrected chi connectivity index (χ2v) is 3.74. The lowest BCUT2D eigenvalue weighted by Gasteiger charge is -2.10. The standard InChI is InChI=1S/C14H15N.ClH/c1-2-5-14(15)13-9-8-11-6-3-4-7-12(11)10-13;/h2-4,6-10,14H,1,5,15H2;1H. The van der Waals surface area contributed by atoms with E-state index in [9.17, 15) is 0 Å². The third kappa shape index (κ3) is 2.63. The largest absolute Gasteiger partial charge is 0.324 e. The Labute approximate surface area is 102 Å². The van der Waals surface area contributed by atoms with Gasteiger partial charge in [-0.1, -0.05) is 42.5 Å². The molecule has 1 unspecified atom stereocenters. The van der Waals surface area contributed by atoms with Crippen LogP contribution in [0.5, 0.6) is 0 Å². The van der Waals surface area contributed by atoms with E-state index in [4.69, 9.17) is 5.73 Å². The van der Waals surface area contributed by atoms with Crippen LogP contribution in [0.3, 0.4) is 0 Å². The summed E-state index contributed by atoms with van der Waals surface area (Å²) in [5.41, 5.74) is 7.20. The van der Waals surface area contributed by atoms with Crippen LogP contribution >= 0.6 is 12.4 Å². The van der Waals surface area contributed by atoms with Crippen LogP contribution < -0.4 is 5.73 Å². The molecule has 2 heteroatoms. The molecule has 0 aliphatic rings. The lowest BCUT2D eigenvalue weighted by molar-refractivity contribution is 0.743. The Morgan fingerprint density at radius 3 is 2.50 bits per heavy atom. The minimum Gasteiger partial charge on any atom is -0.324 e. The number of fused-ring (bicyclic) bond motifs is 1. The van der Waals surface area contributed by atoms with Crippen LogP contribution in [0.25, 0.3) is 10.8 Å². The molecule has 0 aliphatic heterocycles. The molecule has 2 aromatic rings. The molecule has 0 saturated heterocycles. The van der Waals surface area contributed by atoms with Gasteiger partial charge in [0.15, 0.2) is 0 Å². The molecule has 2 aromatic carbocycles. The van der Waals surface area contributed by atoms with E-state index >= 15 is 0 Å². The summed E-state index contributed by atoms with van der Waals surface area (Å²) in [5, 5.41) is 2.50. The fraction of sp³-hybridized carbons (Fsp3) is 0.143. The number of benzene rings is 2. The second-order valence-electron chi connectivity index (χ2n) is 3.74. The van der Waals surface area contributed by atoms with E-state index < -0.39 is 0 Å². The third-order valence-electron chi connectivity index (χ3n) is 2.62. The van der Waals surface area contributed by atoms with E-state index in [0.717, 1.165) is 6.42 Å². The van der Waals surface area contributed by atoms with E-state index in [1.807, 2.05) is 18.2 Å². The first kappa shape index (κ1) is 12.8. The van der Waals surface area contributed by atoms with Crippen molar-refractivity contribution in [2.75, 3.05) is 0 Å². The van der Waals surface area contributed by atoms with E-state index in [1.165, 1.54) is 16.3 Å². The average Bonchev–Trinajstić information content (AvgIpc) is 2.29. The van der Waals surface area contributed by atoms with Gasteiger partial charge in [0.1, 0.15) is 0 Å². The Bertz CT molecular complexity index is 479. The van der Waals surface area contributed by atoms with Gasteiger partial charge in [-0.25, -0.2) is 0 Å². The first-order chi connectivity index (χ1) is 7.31. The normalized spacial score (nSPS) is 11.8. The lowest BCUT2D eigenvalue weighted by atomic mass is 10.0. The quantitative estimate of drug-likeness (QED) is 0.801. The average molecular weight is 234 g/mol. The maximum Gasteiger partial charge on any atom is 0.0329 e. The van der Waals surface area contributed by atoms with Gasteiger partial charge in [-0.05, 0) is 28.8 Å². The molecule has 0 aromatic heterocycles. The minimum atomic E-state index is 0. The molecule has 0 bridgehead atoms. The van der Waals surface area contributed by atoms with E-state index in [2.05, 4.69) is 36.9 Å². The van der Waals surface area contributed by atoms with Crippen molar-refractivity contribution in [3.8, 4) is 0 Å². The molecule has 84 valence electrons. The highest BCUT2D eigenvalue weighted by atomic mass is 35.5. The third-order valence-corrected chi connectivity index (χ3v) is 2.62. The molecule has 0 aliphatic carbocycles. The van der Waals surface area contributed by atoms with Gasteiger partial charge in [0.05, 0.1) is 0 Å². The number of hydrogen-bond donors (Lipinski definition) is 1. The highest BCUT2D eigenvalue weighted by Crippen LogP contribution is 2.20. The van der Waals surface area contributed by atoms with Gasteiger partial charge in [0.2, 0.25) is 0 Å². The van der Waals surface area contributed by atoms with Gasteiger partial charge in [-0.3, -0.25) is 0 Å². The highest BCUT2D eigenvalue weighted by molar-refractivity contribution is 5.85. The molecule has 0 amide bonds. The molecule has 1 atom stereocenters. The van der Waals surface area contributed by atoms with Crippen molar-refractivity contribution in [2.45, 2.75) is 12.5 Å². The van der Waals surface area contributed by atoms with Gasteiger partial charge in [0, 0.05) is 6.04 Å². The topological polar surface area (TPSA) is 26.0 Å². The Morgan fingerprint density at radius 1 is 1.12 bits per heavy atom. The smallest absolute Gasteiger partial charge is 0.0329 e. The van der Waals surface area contributed by atoms with Gasteiger partial charge < -0.3 is 5.73 Å². The van der Waals surface area contributed by atoms with Crippen molar-refractivity contribution < 1.29 is 0 Å². The van der Waals surface area contributed by atoms with Crippen LogP contribution in [0.4, 0.5) is 0 Å². The Hall–Kier alpha value is -1.31. The maximum atomic E-state index is 6.03. The number of rotatable bonds is 3. The van der Waals surface area contributed by atoms with Crippen LogP contribution in [0.15, 0.2) is 55.1 Å². The summed E-state index contributed by atoms with van der Waals surface area (Å²) in [6.07, 6.45) is 2.68. The fourth-order valence-corrected chi connectivity index (χ4v) is 1.75. The molecule has 2 N–H and O–H groups in total.